The number of aliphatic hydroxyl groups excluding tert-OH is 1. The van der Waals surface area contributed by atoms with E-state index in [1.165, 1.54) is 6.07 Å². The molecule has 1 heterocycles. The number of aryl methyl sites for hydroxylation is 1. The number of nitrogens with zero attached hydrogens (tertiary/aromatic N) is 2. The number of benzene rings is 1. The summed E-state index contributed by atoms with van der Waals surface area (Å²) in [6.45, 7) is 2.89. The van der Waals surface area contributed by atoms with Crippen molar-refractivity contribution in [2.75, 3.05) is 0 Å². The molecule has 0 aliphatic carbocycles. The van der Waals surface area contributed by atoms with E-state index in [1.807, 2.05) is 6.20 Å². The highest BCUT2D eigenvalue weighted by atomic mass is 19.1. The van der Waals surface area contributed by atoms with Gasteiger partial charge in [-0.2, -0.15) is 5.10 Å². The Hall–Kier alpha value is -1.68. The van der Waals surface area contributed by atoms with Gasteiger partial charge in [0.25, 0.3) is 0 Å². The lowest BCUT2D eigenvalue weighted by Crippen LogP contribution is -2.03. The number of rotatable bonds is 5. The molecule has 0 amide bonds. The van der Waals surface area contributed by atoms with Gasteiger partial charge in [-0.3, -0.25) is 4.68 Å². The van der Waals surface area contributed by atoms with Crippen molar-refractivity contribution in [3.05, 3.63) is 53.6 Å². The first kappa shape index (κ1) is 12.8. The van der Waals surface area contributed by atoms with Crippen LogP contribution in [0.5, 0.6) is 0 Å². The molecule has 96 valence electrons. The lowest BCUT2D eigenvalue weighted by atomic mass is 10.0. The Balaban J connectivity index is 2.07. The fourth-order valence-corrected chi connectivity index (χ4v) is 1.89. The van der Waals surface area contributed by atoms with Crippen molar-refractivity contribution >= 4 is 0 Å². The molecular weight excluding hydrogens is 231 g/mol. The summed E-state index contributed by atoms with van der Waals surface area (Å²) < 4.78 is 15.3. The van der Waals surface area contributed by atoms with Gasteiger partial charge in [-0.25, -0.2) is 4.39 Å². The van der Waals surface area contributed by atoms with Crippen LogP contribution in [0.1, 0.15) is 30.6 Å². The first-order valence-corrected chi connectivity index (χ1v) is 6.14. The molecule has 0 aliphatic rings. The second-order valence-corrected chi connectivity index (χ2v) is 4.35. The van der Waals surface area contributed by atoms with E-state index in [0.29, 0.717) is 5.56 Å². The Labute approximate surface area is 106 Å². The predicted octanol–water partition coefficient (Wildman–Crippen LogP) is 2.71. The molecule has 1 unspecified atom stereocenters. The van der Waals surface area contributed by atoms with E-state index in [2.05, 4.69) is 12.0 Å². The van der Waals surface area contributed by atoms with Gasteiger partial charge in [-0.1, -0.05) is 25.1 Å². The molecule has 0 aliphatic heterocycles. The van der Waals surface area contributed by atoms with Crippen LogP contribution in [-0.2, 0) is 13.0 Å². The van der Waals surface area contributed by atoms with Crippen molar-refractivity contribution in [1.29, 1.82) is 0 Å². The van der Waals surface area contributed by atoms with Crippen molar-refractivity contribution in [2.24, 2.45) is 0 Å². The average Bonchev–Trinajstić information content (AvgIpc) is 2.81. The third-order valence-electron chi connectivity index (χ3n) is 2.86. The van der Waals surface area contributed by atoms with Crippen molar-refractivity contribution in [3.63, 3.8) is 0 Å². The van der Waals surface area contributed by atoms with Gasteiger partial charge in [0, 0.05) is 24.7 Å². The van der Waals surface area contributed by atoms with Crippen molar-refractivity contribution in [3.8, 4) is 0 Å². The Bertz CT molecular complexity index is 510. The molecule has 3 nitrogen and oxygen atoms in total. The van der Waals surface area contributed by atoms with Crippen LogP contribution in [0.25, 0.3) is 0 Å². The number of hydrogen-bond donors (Lipinski definition) is 1. The molecule has 0 saturated carbocycles. The summed E-state index contributed by atoms with van der Waals surface area (Å²) in [5.74, 6) is -0.280. The Morgan fingerprint density at radius 3 is 2.89 bits per heavy atom. The Morgan fingerprint density at radius 2 is 2.17 bits per heavy atom. The summed E-state index contributed by atoms with van der Waals surface area (Å²) in [6, 6.07) is 6.51. The summed E-state index contributed by atoms with van der Waals surface area (Å²) in [6.07, 6.45) is 4.00. The van der Waals surface area contributed by atoms with Crippen LogP contribution < -0.4 is 0 Å². The lowest BCUT2D eigenvalue weighted by molar-refractivity contribution is 0.177. The summed E-state index contributed by atoms with van der Waals surface area (Å²) in [5, 5.41) is 14.2. The molecule has 0 spiro atoms. The van der Waals surface area contributed by atoms with Crippen LogP contribution in [0.15, 0.2) is 36.7 Å². The number of aromatic nitrogens is 2. The number of hydrogen-bond acceptors (Lipinski definition) is 2. The molecule has 1 N–H and O–H groups in total. The zero-order valence-corrected chi connectivity index (χ0v) is 10.4. The molecule has 0 radical (unpaired) electrons. The molecule has 2 aromatic rings. The third kappa shape index (κ3) is 2.96. The van der Waals surface area contributed by atoms with Crippen LogP contribution >= 0.6 is 0 Å². The zero-order valence-electron chi connectivity index (χ0n) is 10.4. The standard InChI is InChI=1S/C14H17FN2O/c1-2-7-17-10-12(9-16-17)14(18)8-11-5-3-4-6-13(11)15/h3-6,9-10,14,18H,2,7-8H2,1H3. The van der Waals surface area contributed by atoms with Crippen molar-refractivity contribution in [2.45, 2.75) is 32.4 Å². The maximum atomic E-state index is 13.5. The minimum absolute atomic E-state index is 0.268. The molecule has 1 atom stereocenters. The first-order valence-electron chi connectivity index (χ1n) is 6.14. The maximum Gasteiger partial charge on any atom is 0.126 e. The highest BCUT2D eigenvalue weighted by Gasteiger charge is 2.13. The minimum Gasteiger partial charge on any atom is -0.388 e. The van der Waals surface area contributed by atoms with Crippen molar-refractivity contribution < 1.29 is 9.50 Å². The second kappa shape index (κ2) is 5.78. The summed E-state index contributed by atoms with van der Waals surface area (Å²) >= 11 is 0. The second-order valence-electron chi connectivity index (χ2n) is 4.35. The van der Waals surface area contributed by atoms with E-state index in [4.69, 9.17) is 0 Å². The largest absolute Gasteiger partial charge is 0.388 e. The summed E-state index contributed by atoms with van der Waals surface area (Å²) in [5.41, 5.74) is 1.25. The lowest BCUT2D eigenvalue weighted by Gasteiger charge is -2.09. The van der Waals surface area contributed by atoms with Crippen LogP contribution in [0, 0.1) is 5.82 Å². The maximum absolute atomic E-state index is 13.5. The van der Waals surface area contributed by atoms with Gasteiger partial charge in [0.2, 0.25) is 0 Å². The van der Waals surface area contributed by atoms with E-state index in [-0.39, 0.29) is 12.2 Å². The van der Waals surface area contributed by atoms with E-state index in [9.17, 15) is 9.50 Å². The van der Waals surface area contributed by atoms with E-state index >= 15 is 0 Å². The molecule has 18 heavy (non-hydrogen) atoms. The van der Waals surface area contributed by atoms with E-state index < -0.39 is 6.10 Å². The van der Waals surface area contributed by atoms with Crippen LogP contribution in [0.4, 0.5) is 4.39 Å². The molecule has 0 bridgehead atoms. The Morgan fingerprint density at radius 1 is 1.39 bits per heavy atom. The van der Waals surface area contributed by atoms with Crippen LogP contribution in [0.3, 0.4) is 0 Å². The molecule has 0 saturated heterocycles. The SMILES string of the molecule is CCCn1cc(C(O)Cc2ccccc2F)cn1. The highest BCUT2D eigenvalue weighted by molar-refractivity contribution is 5.20. The summed E-state index contributed by atoms with van der Waals surface area (Å²) in [4.78, 5) is 0. The Kier molecular flexibility index (Phi) is 4.10. The summed E-state index contributed by atoms with van der Waals surface area (Å²) in [7, 11) is 0. The predicted molar refractivity (Wildman–Crippen MR) is 67.6 cm³/mol. The van der Waals surface area contributed by atoms with Gasteiger partial charge >= 0.3 is 0 Å². The van der Waals surface area contributed by atoms with Gasteiger partial charge in [0.05, 0.1) is 12.3 Å². The topological polar surface area (TPSA) is 38.0 Å². The molecule has 0 fully saturated rings. The van der Waals surface area contributed by atoms with Crippen LogP contribution in [0.2, 0.25) is 0 Å². The fourth-order valence-electron chi connectivity index (χ4n) is 1.89. The van der Waals surface area contributed by atoms with Gasteiger partial charge in [-0.15, -0.1) is 0 Å². The highest BCUT2D eigenvalue weighted by Crippen LogP contribution is 2.19. The van der Waals surface area contributed by atoms with Gasteiger partial charge in [-0.05, 0) is 18.1 Å². The molecule has 1 aromatic heterocycles. The molecule has 1 aromatic carbocycles. The van der Waals surface area contributed by atoms with Gasteiger partial charge in [0.1, 0.15) is 5.82 Å². The normalized spacial score (nSPS) is 12.6. The smallest absolute Gasteiger partial charge is 0.126 e. The zero-order chi connectivity index (χ0) is 13.0. The molecular formula is C14H17FN2O. The van der Waals surface area contributed by atoms with Crippen LogP contribution in [-0.4, -0.2) is 14.9 Å². The molecule has 2 rings (SSSR count). The monoisotopic (exact) mass is 248 g/mol. The van der Waals surface area contributed by atoms with Gasteiger partial charge in [0.15, 0.2) is 0 Å². The number of halogens is 1. The fraction of sp³-hybridized carbons (Fsp3) is 0.357. The third-order valence-corrected chi connectivity index (χ3v) is 2.86. The van der Waals surface area contributed by atoms with E-state index in [1.54, 1.807) is 29.1 Å². The number of aliphatic hydroxyl groups is 1. The van der Waals surface area contributed by atoms with Crippen molar-refractivity contribution in [1.82, 2.24) is 9.78 Å². The first-order chi connectivity index (χ1) is 8.70. The van der Waals surface area contributed by atoms with Gasteiger partial charge < -0.3 is 5.11 Å². The van der Waals surface area contributed by atoms with E-state index in [0.717, 1.165) is 18.5 Å². The minimum atomic E-state index is -0.715. The molecule has 4 heteroatoms. The average molecular weight is 248 g/mol. The quantitative estimate of drug-likeness (QED) is 0.883.